The second-order valence-electron chi connectivity index (χ2n) is 6.04. The van der Waals surface area contributed by atoms with E-state index in [-0.39, 0.29) is 11.9 Å². The van der Waals surface area contributed by atoms with Crippen LogP contribution in [0.15, 0.2) is 18.2 Å². The summed E-state index contributed by atoms with van der Waals surface area (Å²) in [6.45, 7) is 6.46. The number of hydrogen-bond acceptors (Lipinski definition) is 3. The third-order valence-corrected chi connectivity index (χ3v) is 4.38. The molecule has 0 aromatic heterocycles. The lowest BCUT2D eigenvalue weighted by molar-refractivity contribution is -0.126. The van der Waals surface area contributed by atoms with Crippen molar-refractivity contribution < 1.29 is 9.53 Å². The van der Waals surface area contributed by atoms with E-state index < -0.39 is 0 Å². The monoisotopic (exact) mass is 288 g/mol. The van der Waals surface area contributed by atoms with E-state index in [1.54, 1.807) is 0 Å². The zero-order valence-corrected chi connectivity index (χ0v) is 12.9. The summed E-state index contributed by atoms with van der Waals surface area (Å²) in [6.07, 6.45) is 3.28. The molecule has 1 heterocycles. The van der Waals surface area contributed by atoms with Gasteiger partial charge in [0, 0.05) is 19.1 Å². The molecule has 1 aromatic rings. The minimum Gasteiger partial charge on any atom is -0.494 e. The molecule has 1 atom stereocenters. The van der Waals surface area contributed by atoms with Crippen molar-refractivity contribution in [1.82, 2.24) is 10.2 Å². The first-order chi connectivity index (χ1) is 10.2. The van der Waals surface area contributed by atoms with Gasteiger partial charge in [-0.2, -0.15) is 0 Å². The number of amides is 1. The largest absolute Gasteiger partial charge is 0.494 e. The average Bonchev–Trinajstić information content (AvgIpc) is 3.30. The molecular weight excluding hydrogens is 264 g/mol. The molecule has 0 saturated heterocycles. The van der Waals surface area contributed by atoms with Crippen molar-refractivity contribution in [3.8, 4) is 5.75 Å². The molecule has 4 nitrogen and oxygen atoms in total. The lowest BCUT2D eigenvalue weighted by Gasteiger charge is -2.33. The van der Waals surface area contributed by atoms with Crippen LogP contribution >= 0.6 is 0 Å². The smallest absolute Gasteiger partial charge is 0.237 e. The van der Waals surface area contributed by atoms with Gasteiger partial charge >= 0.3 is 0 Å². The summed E-state index contributed by atoms with van der Waals surface area (Å²) in [7, 11) is 0. The molecule has 1 N–H and O–H groups in total. The number of carbonyl (C=O) groups excluding carboxylic acids is 1. The van der Waals surface area contributed by atoms with Crippen LogP contribution < -0.4 is 10.1 Å². The zero-order chi connectivity index (χ0) is 14.8. The van der Waals surface area contributed by atoms with Crippen LogP contribution in [-0.4, -0.2) is 36.0 Å². The molecule has 1 unspecified atom stereocenters. The Hall–Kier alpha value is -1.55. The molecule has 1 amide bonds. The molecule has 0 radical (unpaired) electrons. The number of rotatable bonds is 5. The number of benzene rings is 1. The summed E-state index contributed by atoms with van der Waals surface area (Å²) in [5.41, 5.74) is 2.67. The summed E-state index contributed by atoms with van der Waals surface area (Å²) in [5.74, 6) is 1.09. The van der Waals surface area contributed by atoms with Crippen molar-refractivity contribution in [2.45, 2.75) is 51.7 Å². The summed E-state index contributed by atoms with van der Waals surface area (Å²) in [4.78, 5) is 14.5. The van der Waals surface area contributed by atoms with Gasteiger partial charge in [0.05, 0.1) is 12.6 Å². The first-order valence-corrected chi connectivity index (χ1v) is 7.96. The second-order valence-corrected chi connectivity index (χ2v) is 6.04. The van der Waals surface area contributed by atoms with Crippen molar-refractivity contribution in [2.75, 3.05) is 13.2 Å². The molecule has 1 aliphatic carbocycles. The van der Waals surface area contributed by atoms with Crippen LogP contribution in [0.25, 0.3) is 0 Å². The Bertz CT molecular complexity index is 526. The Kier molecular flexibility index (Phi) is 4.15. The SMILES string of the molecule is CCOc1ccc2c(c1)CN(C(C)C(=O)NC1CC1)CC2. The average molecular weight is 288 g/mol. The van der Waals surface area contributed by atoms with Crippen molar-refractivity contribution in [3.05, 3.63) is 29.3 Å². The highest BCUT2D eigenvalue weighted by Gasteiger charge is 2.29. The minimum absolute atomic E-state index is 0.0606. The highest BCUT2D eigenvalue weighted by molar-refractivity contribution is 5.81. The van der Waals surface area contributed by atoms with E-state index >= 15 is 0 Å². The van der Waals surface area contributed by atoms with Gasteiger partial charge in [0.25, 0.3) is 0 Å². The first-order valence-electron chi connectivity index (χ1n) is 7.96. The zero-order valence-electron chi connectivity index (χ0n) is 12.9. The molecule has 2 aliphatic rings. The fourth-order valence-electron chi connectivity index (χ4n) is 2.86. The maximum atomic E-state index is 12.2. The second kappa shape index (κ2) is 6.06. The van der Waals surface area contributed by atoms with E-state index in [1.165, 1.54) is 11.1 Å². The third kappa shape index (κ3) is 3.38. The van der Waals surface area contributed by atoms with Crippen LogP contribution in [0.1, 0.15) is 37.8 Å². The van der Waals surface area contributed by atoms with E-state index in [1.807, 2.05) is 19.9 Å². The van der Waals surface area contributed by atoms with Crippen LogP contribution in [-0.2, 0) is 17.8 Å². The Morgan fingerprint density at radius 2 is 2.24 bits per heavy atom. The number of carbonyl (C=O) groups is 1. The molecular formula is C17H24N2O2. The predicted octanol–water partition coefficient (Wildman–Crippen LogP) is 2.11. The van der Waals surface area contributed by atoms with Gasteiger partial charge in [-0.25, -0.2) is 0 Å². The summed E-state index contributed by atoms with van der Waals surface area (Å²) in [6, 6.07) is 6.70. The van der Waals surface area contributed by atoms with Crippen LogP contribution in [0, 0.1) is 0 Å². The molecule has 3 rings (SSSR count). The normalized spacial score (nSPS) is 19.7. The number of nitrogens with one attached hydrogen (secondary N) is 1. The molecule has 1 aromatic carbocycles. The molecule has 1 aliphatic heterocycles. The Morgan fingerprint density at radius 3 is 2.95 bits per heavy atom. The number of hydrogen-bond donors (Lipinski definition) is 1. The van der Waals surface area contributed by atoms with E-state index in [4.69, 9.17) is 4.74 Å². The maximum Gasteiger partial charge on any atom is 0.237 e. The Morgan fingerprint density at radius 1 is 1.43 bits per heavy atom. The molecule has 0 spiro atoms. The fraction of sp³-hybridized carbons (Fsp3) is 0.588. The van der Waals surface area contributed by atoms with E-state index in [0.717, 1.165) is 38.1 Å². The van der Waals surface area contributed by atoms with Gasteiger partial charge < -0.3 is 10.1 Å². The lowest BCUT2D eigenvalue weighted by Crippen LogP contribution is -2.47. The van der Waals surface area contributed by atoms with Crippen LogP contribution in [0.4, 0.5) is 0 Å². The van der Waals surface area contributed by atoms with Gasteiger partial charge in [-0.05, 0) is 56.4 Å². The van der Waals surface area contributed by atoms with Gasteiger partial charge in [0.2, 0.25) is 5.91 Å². The number of fused-ring (bicyclic) bond motifs is 1. The highest BCUT2D eigenvalue weighted by Crippen LogP contribution is 2.25. The van der Waals surface area contributed by atoms with E-state index in [0.29, 0.717) is 12.6 Å². The summed E-state index contributed by atoms with van der Waals surface area (Å²) < 4.78 is 5.58. The fourth-order valence-corrected chi connectivity index (χ4v) is 2.86. The molecule has 114 valence electrons. The lowest BCUT2D eigenvalue weighted by atomic mass is 9.98. The first kappa shape index (κ1) is 14.4. The van der Waals surface area contributed by atoms with Gasteiger partial charge in [0.1, 0.15) is 5.75 Å². The molecule has 1 fully saturated rings. The summed E-state index contributed by atoms with van der Waals surface area (Å²) >= 11 is 0. The predicted molar refractivity (Wildman–Crippen MR) is 82.4 cm³/mol. The maximum absolute atomic E-state index is 12.2. The highest BCUT2D eigenvalue weighted by atomic mass is 16.5. The molecule has 0 bridgehead atoms. The van der Waals surface area contributed by atoms with E-state index in [2.05, 4.69) is 22.3 Å². The van der Waals surface area contributed by atoms with Crippen LogP contribution in [0.5, 0.6) is 5.75 Å². The van der Waals surface area contributed by atoms with Crippen LogP contribution in [0.3, 0.4) is 0 Å². The third-order valence-electron chi connectivity index (χ3n) is 4.38. The minimum atomic E-state index is -0.0606. The Labute approximate surface area is 126 Å². The standard InChI is InChI=1S/C17H24N2O2/c1-3-21-16-7-4-13-8-9-19(11-14(13)10-16)12(2)17(20)18-15-5-6-15/h4,7,10,12,15H,3,5-6,8-9,11H2,1-2H3,(H,18,20). The van der Waals surface area contributed by atoms with Crippen molar-refractivity contribution in [3.63, 3.8) is 0 Å². The molecule has 21 heavy (non-hydrogen) atoms. The molecule has 4 heteroatoms. The summed E-state index contributed by atoms with van der Waals surface area (Å²) in [5, 5.41) is 3.10. The van der Waals surface area contributed by atoms with Gasteiger partial charge in [-0.15, -0.1) is 0 Å². The topological polar surface area (TPSA) is 41.6 Å². The number of ether oxygens (including phenoxy) is 1. The van der Waals surface area contributed by atoms with Crippen molar-refractivity contribution in [1.29, 1.82) is 0 Å². The molecule has 1 saturated carbocycles. The Balaban J connectivity index is 1.67. The van der Waals surface area contributed by atoms with Gasteiger partial charge in [-0.1, -0.05) is 6.07 Å². The van der Waals surface area contributed by atoms with Crippen molar-refractivity contribution >= 4 is 5.91 Å². The van der Waals surface area contributed by atoms with Gasteiger partial charge in [0.15, 0.2) is 0 Å². The number of nitrogens with zero attached hydrogens (tertiary/aromatic N) is 1. The van der Waals surface area contributed by atoms with Crippen molar-refractivity contribution in [2.24, 2.45) is 0 Å². The van der Waals surface area contributed by atoms with E-state index in [9.17, 15) is 4.79 Å². The quantitative estimate of drug-likeness (QED) is 0.902. The van der Waals surface area contributed by atoms with Gasteiger partial charge in [-0.3, -0.25) is 9.69 Å². The van der Waals surface area contributed by atoms with Crippen LogP contribution in [0.2, 0.25) is 0 Å².